The Balaban J connectivity index is 1.18. The molecule has 1 N–H and O–H groups in total. The fourth-order valence-corrected chi connectivity index (χ4v) is 7.10. The molecule has 2 aliphatic carbocycles. The lowest BCUT2D eigenvalue weighted by molar-refractivity contribution is 0.226. The molecule has 3 aromatic rings. The van der Waals surface area contributed by atoms with E-state index in [1.54, 1.807) is 13.1 Å². The van der Waals surface area contributed by atoms with Gasteiger partial charge in [0.1, 0.15) is 11.5 Å². The Morgan fingerprint density at radius 1 is 1.21 bits per heavy atom. The van der Waals surface area contributed by atoms with E-state index in [1.165, 1.54) is 22.6 Å². The van der Waals surface area contributed by atoms with Crippen molar-refractivity contribution in [3.05, 3.63) is 77.4 Å². The number of hydrogen-bond acceptors (Lipinski definition) is 5. The van der Waals surface area contributed by atoms with Crippen LogP contribution in [-0.2, 0) is 29.9 Å². The molecular formula is C25H27FN4O3S. The minimum atomic E-state index is -3.68. The largest absolute Gasteiger partial charge is 0.489 e. The van der Waals surface area contributed by atoms with Gasteiger partial charge in [0.05, 0.1) is 6.20 Å². The molecule has 0 amide bonds. The first-order valence-corrected chi connectivity index (χ1v) is 13.0. The molecule has 34 heavy (non-hydrogen) atoms. The maximum absolute atomic E-state index is 14.9. The van der Waals surface area contributed by atoms with Crippen LogP contribution in [0, 0.1) is 11.2 Å². The molecule has 3 unspecified atom stereocenters. The molecule has 9 heteroatoms. The van der Waals surface area contributed by atoms with Gasteiger partial charge in [0.2, 0.25) is 10.0 Å². The van der Waals surface area contributed by atoms with E-state index in [0.717, 1.165) is 24.0 Å². The Labute approximate surface area is 198 Å². The van der Waals surface area contributed by atoms with Crippen LogP contribution in [0.3, 0.4) is 0 Å². The van der Waals surface area contributed by atoms with Gasteiger partial charge in [-0.3, -0.25) is 9.58 Å². The van der Waals surface area contributed by atoms with Crippen LogP contribution >= 0.6 is 0 Å². The second-order valence-corrected chi connectivity index (χ2v) is 11.4. The molecule has 1 saturated heterocycles. The van der Waals surface area contributed by atoms with Crippen LogP contribution < -0.4 is 9.46 Å². The molecule has 3 aliphatic rings. The van der Waals surface area contributed by atoms with Gasteiger partial charge in [0.25, 0.3) is 0 Å². The van der Waals surface area contributed by atoms with Crippen LogP contribution in [0.15, 0.2) is 59.8 Å². The number of aromatic nitrogens is 2. The first-order valence-electron chi connectivity index (χ1n) is 11.5. The number of fused-ring (bicyclic) bond motifs is 4. The highest BCUT2D eigenvalue weighted by molar-refractivity contribution is 7.89. The molecule has 2 fully saturated rings. The highest BCUT2D eigenvalue weighted by Crippen LogP contribution is 2.76. The fraction of sp³-hybridized carbons (Fsp3) is 0.400. The summed E-state index contributed by atoms with van der Waals surface area (Å²) in [7, 11) is 0.125. The smallest absolute Gasteiger partial charge is 0.243 e. The molecule has 2 aromatic carbocycles. The summed E-state index contributed by atoms with van der Waals surface area (Å²) >= 11 is 0. The van der Waals surface area contributed by atoms with Crippen LogP contribution in [0.25, 0.3) is 0 Å². The van der Waals surface area contributed by atoms with Crippen molar-refractivity contribution >= 4 is 10.0 Å². The number of nitrogens with zero attached hydrogens (tertiary/aromatic N) is 3. The number of aryl methyl sites for hydroxylation is 1. The zero-order chi connectivity index (χ0) is 23.7. The van der Waals surface area contributed by atoms with Crippen molar-refractivity contribution in [2.45, 2.75) is 35.7 Å². The number of ether oxygens (including phenoxy) is 1. The third-order valence-corrected chi connectivity index (χ3v) is 9.14. The lowest BCUT2D eigenvalue weighted by Crippen LogP contribution is -2.31. The van der Waals surface area contributed by atoms with Gasteiger partial charge >= 0.3 is 0 Å². The van der Waals surface area contributed by atoms with Crippen molar-refractivity contribution in [1.82, 2.24) is 19.4 Å². The van der Waals surface area contributed by atoms with E-state index in [-0.39, 0.29) is 29.2 Å². The maximum Gasteiger partial charge on any atom is 0.243 e. The molecule has 1 spiro atoms. The Kier molecular flexibility index (Phi) is 4.88. The summed E-state index contributed by atoms with van der Waals surface area (Å²) in [6.45, 7) is 0.0533. The normalized spacial score (nSPS) is 28.6. The number of benzene rings is 2. The monoisotopic (exact) mass is 482 g/mol. The molecule has 1 saturated carbocycles. The number of hydrogen-bond donors (Lipinski definition) is 1. The highest BCUT2D eigenvalue weighted by atomic mass is 32.2. The van der Waals surface area contributed by atoms with E-state index in [0.29, 0.717) is 18.0 Å². The average Bonchev–Trinajstić information content (AvgIpc) is 3.57. The molecule has 178 valence electrons. The number of rotatable bonds is 8. The molecule has 1 aliphatic heterocycles. The number of likely N-dealkylation sites (N-methyl/N-ethyl adjacent to an activating group) is 1. The van der Waals surface area contributed by atoms with E-state index in [1.807, 2.05) is 12.1 Å². The SMILES string of the molecule is CN1C2C1C21Cc2cc(F)c(OCCNS(=O)(=O)c3cnn(C)c3)cc2C1Cc1ccccc1. The van der Waals surface area contributed by atoms with Gasteiger partial charge in [-0.2, -0.15) is 5.10 Å². The Bertz CT molecular complexity index is 1350. The standard InChI is InChI=1S/C25H27FN4O3S/c1-29-15-18(14-27-29)34(31,32)28-8-9-33-22-12-19-17(11-21(22)26)13-25(23-24(25)30(23)2)20(19)10-16-6-4-3-5-7-16/h3-7,11-12,14-15,20,23-24,28H,8-10,13H2,1-2H3. The maximum atomic E-state index is 14.9. The molecule has 0 radical (unpaired) electrons. The average molecular weight is 483 g/mol. The van der Waals surface area contributed by atoms with Crippen molar-refractivity contribution in [2.75, 3.05) is 20.2 Å². The van der Waals surface area contributed by atoms with Gasteiger partial charge < -0.3 is 4.74 Å². The predicted octanol–water partition coefficient (Wildman–Crippen LogP) is 2.48. The summed E-state index contributed by atoms with van der Waals surface area (Å²) in [6.07, 6.45) is 4.53. The van der Waals surface area contributed by atoms with E-state index >= 15 is 0 Å². The summed E-state index contributed by atoms with van der Waals surface area (Å²) in [5, 5.41) is 3.88. The second kappa shape index (κ2) is 7.63. The zero-order valence-electron chi connectivity index (χ0n) is 19.1. The van der Waals surface area contributed by atoms with Crippen LogP contribution in [-0.4, -0.2) is 55.4 Å². The fourth-order valence-electron chi connectivity index (χ4n) is 6.10. The van der Waals surface area contributed by atoms with Crippen LogP contribution in [0.4, 0.5) is 4.39 Å². The summed E-state index contributed by atoms with van der Waals surface area (Å²) in [5.74, 6) is 0.104. The molecule has 1 aromatic heterocycles. The van der Waals surface area contributed by atoms with Crippen molar-refractivity contribution in [3.8, 4) is 5.75 Å². The molecule has 6 rings (SSSR count). The van der Waals surface area contributed by atoms with Gasteiger partial charge in [-0.1, -0.05) is 30.3 Å². The molecular weight excluding hydrogens is 455 g/mol. The van der Waals surface area contributed by atoms with Crippen molar-refractivity contribution in [3.63, 3.8) is 0 Å². The van der Waals surface area contributed by atoms with Crippen LogP contribution in [0.1, 0.15) is 22.6 Å². The van der Waals surface area contributed by atoms with Crippen LogP contribution in [0.5, 0.6) is 5.75 Å². The molecule has 7 nitrogen and oxygen atoms in total. The summed E-state index contributed by atoms with van der Waals surface area (Å²) in [4.78, 5) is 2.48. The van der Waals surface area contributed by atoms with E-state index < -0.39 is 15.8 Å². The molecule has 3 atom stereocenters. The topological polar surface area (TPSA) is 76.2 Å². The second-order valence-electron chi connectivity index (χ2n) is 9.66. The number of sulfonamides is 1. The lowest BCUT2D eigenvalue weighted by atomic mass is 9.81. The van der Waals surface area contributed by atoms with Gasteiger partial charge in [-0.25, -0.2) is 17.5 Å². The van der Waals surface area contributed by atoms with E-state index in [9.17, 15) is 12.8 Å². The number of nitrogens with one attached hydrogen (secondary N) is 1. The Morgan fingerprint density at radius 3 is 2.65 bits per heavy atom. The first kappa shape index (κ1) is 21.8. The van der Waals surface area contributed by atoms with E-state index in [2.05, 4.69) is 46.0 Å². The predicted molar refractivity (Wildman–Crippen MR) is 125 cm³/mol. The lowest BCUT2D eigenvalue weighted by Gasteiger charge is -2.29. The third kappa shape index (κ3) is 3.37. The summed E-state index contributed by atoms with van der Waals surface area (Å²) < 4.78 is 49.2. The van der Waals surface area contributed by atoms with Crippen molar-refractivity contribution < 1.29 is 17.5 Å². The number of halogens is 1. The minimum absolute atomic E-state index is 0.0255. The minimum Gasteiger partial charge on any atom is -0.489 e. The van der Waals surface area contributed by atoms with Crippen LogP contribution in [0.2, 0.25) is 0 Å². The van der Waals surface area contributed by atoms with Crippen molar-refractivity contribution in [1.29, 1.82) is 0 Å². The summed E-state index contributed by atoms with van der Waals surface area (Å²) in [6, 6.07) is 15.1. The van der Waals surface area contributed by atoms with E-state index in [4.69, 9.17) is 4.74 Å². The Morgan fingerprint density at radius 2 is 1.97 bits per heavy atom. The summed E-state index contributed by atoms with van der Waals surface area (Å²) in [5.41, 5.74) is 3.72. The molecule has 2 heterocycles. The van der Waals surface area contributed by atoms with Gasteiger partial charge in [0, 0.05) is 37.3 Å². The quantitative estimate of drug-likeness (QED) is 0.394. The van der Waals surface area contributed by atoms with Gasteiger partial charge in [-0.05, 0) is 54.6 Å². The van der Waals surface area contributed by atoms with Gasteiger partial charge in [0.15, 0.2) is 11.6 Å². The van der Waals surface area contributed by atoms with Crippen molar-refractivity contribution in [2.24, 2.45) is 12.5 Å². The zero-order valence-corrected chi connectivity index (χ0v) is 19.9. The molecule has 0 bridgehead atoms. The third-order valence-electron chi connectivity index (χ3n) is 7.72. The Hall–Kier alpha value is -2.75. The highest BCUT2D eigenvalue weighted by Gasteiger charge is 2.84. The van der Waals surface area contributed by atoms with Gasteiger partial charge in [-0.15, -0.1) is 0 Å². The number of likely N-dealkylation sites (tertiary alicyclic amines) is 1. The first-order chi connectivity index (χ1) is 16.3.